The molecule has 1 N–H and O–H groups in total. The molecule has 0 bridgehead atoms. The Kier molecular flexibility index (Phi) is 1.88. The van der Waals surface area contributed by atoms with Crippen molar-refractivity contribution in [3.8, 4) is 0 Å². The van der Waals surface area contributed by atoms with E-state index in [0.29, 0.717) is 5.92 Å². The lowest BCUT2D eigenvalue weighted by atomic mass is 9.97. The minimum absolute atomic E-state index is 0.685. The molecule has 17 heavy (non-hydrogen) atoms. The molecule has 2 saturated carbocycles. The molecule has 2 aromatic heterocycles. The van der Waals surface area contributed by atoms with Gasteiger partial charge in [0.15, 0.2) is 5.65 Å². The molecule has 0 atom stereocenters. The van der Waals surface area contributed by atoms with Gasteiger partial charge in [-0.1, -0.05) is 0 Å². The Morgan fingerprint density at radius 2 is 1.94 bits per heavy atom. The van der Waals surface area contributed by atoms with Gasteiger partial charge in [-0.05, 0) is 56.1 Å². The molecule has 2 aliphatic rings. The summed E-state index contributed by atoms with van der Waals surface area (Å²) in [5.74, 6) is 3.67. The number of aryl methyl sites for hydroxylation is 1. The second-order valence-electron chi connectivity index (χ2n) is 5.71. The van der Waals surface area contributed by atoms with Gasteiger partial charge in [0, 0.05) is 12.1 Å². The van der Waals surface area contributed by atoms with Gasteiger partial charge in [0.2, 0.25) is 0 Å². The van der Waals surface area contributed by atoms with Gasteiger partial charge in [-0.15, -0.1) is 0 Å². The van der Waals surface area contributed by atoms with Crippen molar-refractivity contribution in [2.75, 3.05) is 0 Å². The first kappa shape index (κ1) is 9.63. The lowest BCUT2D eigenvalue weighted by Crippen LogP contribution is -2.05. The molecule has 4 rings (SSSR count). The predicted molar refractivity (Wildman–Crippen MR) is 66.8 cm³/mol. The molecule has 0 saturated heterocycles. The monoisotopic (exact) mass is 227 g/mol. The van der Waals surface area contributed by atoms with Crippen molar-refractivity contribution < 1.29 is 0 Å². The first-order chi connectivity index (χ1) is 8.31. The van der Waals surface area contributed by atoms with E-state index in [0.717, 1.165) is 23.0 Å². The highest BCUT2D eigenvalue weighted by molar-refractivity contribution is 5.71. The van der Waals surface area contributed by atoms with Crippen molar-refractivity contribution in [2.24, 2.45) is 11.8 Å². The van der Waals surface area contributed by atoms with Gasteiger partial charge < -0.3 is 4.98 Å². The molecule has 0 aliphatic heterocycles. The van der Waals surface area contributed by atoms with Gasteiger partial charge >= 0.3 is 0 Å². The van der Waals surface area contributed by atoms with Crippen LogP contribution in [0.1, 0.15) is 43.0 Å². The number of pyridine rings is 1. The van der Waals surface area contributed by atoms with Gasteiger partial charge in [-0.3, -0.25) is 0 Å². The van der Waals surface area contributed by atoms with Crippen LogP contribution in [0.25, 0.3) is 11.2 Å². The number of nitrogens with zero attached hydrogens (tertiary/aromatic N) is 2. The van der Waals surface area contributed by atoms with Crippen LogP contribution in [0.3, 0.4) is 0 Å². The number of hydrogen-bond donors (Lipinski definition) is 1. The van der Waals surface area contributed by atoms with Crippen molar-refractivity contribution in [1.82, 2.24) is 15.0 Å². The molecule has 0 amide bonds. The second-order valence-corrected chi connectivity index (χ2v) is 5.71. The topological polar surface area (TPSA) is 41.6 Å². The van der Waals surface area contributed by atoms with Crippen LogP contribution in [-0.2, 0) is 0 Å². The number of aromatic amines is 1. The first-order valence-corrected chi connectivity index (χ1v) is 6.63. The van der Waals surface area contributed by atoms with Crippen LogP contribution in [0, 0.1) is 18.8 Å². The standard InChI is InChI=1S/C14H17N3/c1-8-6-11-13(15-7-8)17-14(16-11)12(9-2-3-9)10-4-5-10/h6-7,9-10,12H,2-5H2,1H3,(H,15,16,17). The summed E-state index contributed by atoms with van der Waals surface area (Å²) in [7, 11) is 0. The predicted octanol–water partition coefficient (Wildman–Crippen LogP) is 3.17. The van der Waals surface area contributed by atoms with Gasteiger partial charge in [-0.2, -0.15) is 0 Å². The summed E-state index contributed by atoms with van der Waals surface area (Å²) in [6, 6.07) is 2.15. The van der Waals surface area contributed by atoms with E-state index in [2.05, 4.69) is 23.0 Å². The molecule has 0 spiro atoms. The summed E-state index contributed by atoms with van der Waals surface area (Å²) in [5.41, 5.74) is 3.19. The molecular formula is C14H17N3. The Morgan fingerprint density at radius 3 is 2.59 bits per heavy atom. The SMILES string of the molecule is Cc1cnc2nc(C(C3CC3)C3CC3)[nH]c2c1. The minimum Gasteiger partial charge on any atom is -0.340 e. The summed E-state index contributed by atoms with van der Waals surface area (Å²) >= 11 is 0. The highest BCUT2D eigenvalue weighted by Crippen LogP contribution is 2.53. The van der Waals surface area contributed by atoms with Gasteiger partial charge in [0.25, 0.3) is 0 Å². The maximum atomic E-state index is 4.71. The summed E-state index contributed by atoms with van der Waals surface area (Å²) in [5, 5.41) is 0. The molecule has 0 aromatic carbocycles. The normalized spacial score (nSPS) is 20.4. The number of imidazole rings is 1. The van der Waals surface area contributed by atoms with Crippen LogP contribution >= 0.6 is 0 Å². The zero-order chi connectivity index (χ0) is 11.4. The van der Waals surface area contributed by atoms with Gasteiger partial charge in [-0.25, -0.2) is 9.97 Å². The molecule has 0 radical (unpaired) electrons. The van der Waals surface area contributed by atoms with Crippen LogP contribution in [0.5, 0.6) is 0 Å². The van der Waals surface area contributed by atoms with E-state index in [1.807, 2.05) is 6.20 Å². The maximum absolute atomic E-state index is 4.71. The number of aromatic nitrogens is 3. The fourth-order valence-electron chi connectivity index (χ4n) is 2.92. The van der Waals surface area contributed by atoms with E-state index >= 15 is 0 Å². The summed E-state index contributed by atoms with van der Waals surface area (Å²) < 4.78 is 0. The van der Waals surface area contributed by atoms with Crippen LogP contribution in [0.4, 0.5) is 0 Å². The zero-order valence-corrected chi connectivity index (χ0v) is 10.1. The molecule has 88 valence electrons. The van der Waals surface area contributed by atoms with E-state index in [9.17, 15) is 0 Å². The minimum atomic E-state index is 0.685. The number of fused-ring (bicyclic) bond motifs is 1. The lowest BCUT2D eigenvalue weighted by Gasteiger charge is -2.11. The Balaban J connectivity index is 1.78. The average Bonchev–Trinajstić information content (AvgIpc) is 3.19. The number of rotatable bonds is 3. The van der Waals surface area contributed by atoms with Crippen LogP contribution < -0.4 is 0 Å². The highest BCUT2D eigenvalue weighted by atomic mass is 15.0. The number of nitrogens with one attached hydrogen (secondary N) is 1. The highest BCUT2D eigenvalue weighted by Gasteiger charge is 2.43. The van der Waals surface area contributed by atoms with Crippen molar-refractivity contribution >= 4 is 11.2 Å². The zero-order valence-electron chi connectivity index (χ0n) is 10.1. The van der Waals surface area contributed by atoms with Crippen molar-refractivity contribution in [2.45, 2.75) is 38.5 Å². The van der Waals surface area contributed by atoms with E-state index in [1.165, 1.54) is 37.1 Å². The van der Waals surface area contributed by atoms with Crippen molar-refractivity contribution in [3.05, 3.63) is 23.7 Å². The van der Waals surface area contributed by atoms with E-state index in [4.69, 9.17) is 4.98 Å². The molecule has 3 nitrogen and oxygen atoms in total. The Bertz CT molecular complexity index is 552. The van der Waals surface area contributed by atoms with Crippen molar-refractivity contribution in [3.63, 3.8) is 0 Å². The lowest BCUT2D eigenvalue weighted by molar-refractivity contribution is 0.514. The van der Waals surface area contributed by atoms with Crippen LogP contribution in [-0.4, -0.2) is 15.0 Å². The third kappa shape index (κ3) is 1.65. The maximum Gasteiger partial charge on any atom is 0.177 e. The van der Waals surface area contributed by atoms with Gasteiger partial charge in [0.1, 0.15) is 5.82 Å². The third-order valence-electron chi connectivity index (χ3n) is 4.07. The van der Waals surface area contributed by atoms with Gasteiger partial charge in [0.05, 0.1) is 5.52 Å². The fraction of sp³-hybridized carbons (Fsp3) is 0.571. The summed E-state index contributed by atoms with van der Waals surface area (Å²) in [6.45, 7) is 2.08. The molecular weight excluding hydrogens is 210 g/mol. The van der Waals surface area contributed by atoms with E-state index in [-0.39, 0.29) is 0 Å². The third-order valence-corrected chi connectivity index (χ3v) is 4.07. The quantitative estimate of drug-likeness (QED) is 0.875. The fourth-order valence-corrected chi connectivity index (χ4v) is 2.92. The Morgan fingerprint density at radius 1 is 1.24 bits per heavy atom. The summed E-state index contributed by atoms with van der Waals surface area (Å²) in [6.07, 6.45) is 7.47. The molecule has 2 fully saturated rings. The van der Waals surface area contributed by atoms with Crippen LogP contribution in [0.2, 0.25) is 0 Å². The number of hydrogen-bond acceptors (Lipinski definition) is 2. The molecule has 2 heterocycles. The average molecular weight is 227 g/mol. The smallest absolute Gasteiger partial charge is 0.177 e. The molecule has 0 unspecified atom stereocenters. The summed E-state index contributed by atoms with van der Waals surface area (Å²) in [4.78, 5) is 12.6. The number of H-pyrrole nitrogens is 1. The largest absolute Gasteiger partial charge is 0.340 e. The second kappa shape index (κ2) is 3.31. The van der Waals surface area contributed by atoms with E-state index < -0.39 is 0 Å². The molecule has 2 aromatic rings. The first-order valence-electron chi connectivity index (χ1n) is 6.63. The molecule has 3 heteroatoms. The van der Waals surface area contributed by atoms with E-state index in [1.54, 1.807) is 0 Å². The van der Waals surface area contributed by atoms with Crippen molar-refractivity contribution in [1.29, 1.82) is 0 Å². The van der Waals surface area contributed by atoms with Crippen LogP contribution in [0.15, 0.2) is 12.3 Å². The Labute approximate surface area is 101 Å². The molecule has 2 aliphatic carbocycles. The Hall–Kier alpha value is -1.38.